The normalized spacial score (nSPS) is 15.6. The second-order valence-corrected chi connectivity index (χ2v) is 7.54. The van der Waals surface area contributed by atoms with Gasteiger partial charge in [0.25, 0.3) is 10.0 Å². The number of carbonyl (C=O) groups is 2. The largest absolute Gasteiger partial charge is 0.480 e. The number of aromatic nitrogens is 1. The highest BCUT2D eigenvalue weighted by Gasteiger charge is 2.47. The molecular weight excluding hydrogens is 391 g/mol. The summed E-state index contributed by atoms with van der Waals surface area (Å²) >= 11 is 0. The van der Waals surface area contributed by atoms with Crippen molar-refractivity contribution in [2.75, 3.05) is 0 Å². The Hall–Kier alpha value is -3.37. The first kappa shape index (κ1) is 19.4. The van der Waals surface area contributed by atoms with Crippen LogP contribution in [0.3, 0.4) is 0 Å². The van der Waals surface area contributed by atoms with Crippen LogP contribution in [-0.2, 0) is 19.6 Å². The first-order chi connectivity index (χ1) is 13.0. The molecule has 0 aliphatic heterocycles. The van der Waals surface area contributed by atoms with Crippen LogP contribution in [0, 0.1) is 11.2 Å². The molecule has 0 amide bonds. The molecular formula is C18H13FN2O6S. The van der Waals surface area contributed by atoms with Gasteiger partial charge in [-0.25, -0.2) is 22.9 Å². The summed E-state index contributed by atoms with van der Waals surface area (Å²) in [6, 6.07) is 7.50. The molecule has 1 aromatic heterocycles. The highest BCUT2D eigenvalue weighted by atomic mass is 32.2. The van der Waals surface area contributed by atoms with Crippen molar-refractivity contribution < 1.29 is 32.6 Å². The summed E-state index contributed by atoms with van der Waals surface area (Å²) in [7, 11) is -4.04. The number of primary sulfonamides is 1. The Morgan fingerprint density at radius 2 is 1.43 bits per heavy atom. The van der Waals surface area contributed by atoms with E-state index in [0.717, 1.165) is 36.5 Å². The van der Waals surface area contributed by atoms with Crippen molar-refractivity contribution in [2.45, 2.75) is 5.03 Å². The van der Waals surface area contributed by atoms with Gasteiger partial charge in [-0.3, -0.25) is 9.59 Å². The Labute approximate surface area is 158 Å². The number of rotatable bonds is 5. The van der Waals surface area contributed by atoms with Crippen LogP contribution < -0.4 is 5.14 Å². The number of halogens is 1. The van der Waals surface area contributed by atoms with Crippen LogP contribution in [0.5, 0.6) is 0 Å². The molecule has 0 saturated heterocycles. The lowest BCUT2D eigenvalue weighted by atomic mass is 9.89. The van der Waals surface area contributed by atoms with E-state index in [0.29, 0.717) is 5.56 Å². The lowest BCUT2D eigenvalue weighted by molar-refractivity contribution is -0.157. The zero-order valence-electron chi connectivity index (χ0n) is 14.0. The van der Waals surface area contributed by atoms with Crippen molar-refractivity contribution in [2.24, 2.45) is 10.6 Å². The highest BCUT2D eigenvalue weighted by Crippen LogP contribution is 2.44. The first-order valence-electron chi connectivity index (χ1n) is 7.72. The fourth-order valence-electron chi connectivity index (χ4n) is 2.81. The van der Waals surface area contributed by atoms with Crippen molar-refractivity contribution in [3.63, 3.8) is 0 Å². The molecule has 0 atom stereocenters. The number of allylic oxidation sites excluding steroid dienone is 2. The summed E-state index contributed by atoms with van der Waals surface area (Å²) in [4.78, 5) is 27.2. The molecule has 1 aromatic carbocycles. The number of nitrogens with two attached hydrogens (primary N) is 1. The summed E-state index contributed by atoms with van der Waals surface area (Å²) < 4.78 is 36.0. The molecule has 0 fully saturated rings. The third-order valence-corrected chi connectivity index (χ3v) is 5.06. The van der Waals surface area contributed by atoms with Gasteiger partial charge in [-0.15, -0.1) is 0 Å². The molecule has 0 saturated carbocycles. The van der Waals surface area contributed by atoms with Gasteiger partial charge in [-0.2, -0.15) is 0 Å². The minimum absolute atomic E-state index is 0.199. The third-order valence-electron chi connectivity index (χ3n) is 4.24. The number of carboxylic acids is 2. The number of sulfonamides is 1. The Morgan fingerprint density at radius 3 is 1.86 bits per heavy atom. The fraction of sp³-hybridized carbons (Fsp3) is 0.0556. The maximum atomic E-state index is 13.3. The number of benzene rings is 1. The van der Waals surface area contributed by atoms with Crippen LogP contribution in [0.1, 0.15) is 11.1 Å². The molecule has 10 heteroatoms. The molecule has 0 bridgehead atoms. The van der Waals surface area contributed by atoms with E-state index in [-0.39, 0.29) is 16.7 Å². The van der Waals surface area contributed by atoms with Gasteiger partial charge in [0, 0.05) is 11.8 Å². The summed E-state index contributed by atoms with van der Waals surface area (Å²) in [6.07, 6.45) is 3.22. The molecule has 144 valence electrons. The maximum Gasteiger partial charge on any atom is 0.329 e. The van der Waals surface area contributed by atoms with Gasteiger partial charge in [-0.1, -0.05) is 12.1 Å². The van der Waals surface area contributed by atoms with E-state index in [1.165, 1.54) is 18.2 Å². The summed E-state index contributed by atoms with van der Waals surface area (Å²) in [5.74, 6) is -3.73. The van der Waals surface area contributed by atoms with Gasteiger partial charge >= 0.3 is 11.9 Å². The minimum Gasteiger partial charge on any atom is -0.480 e. The van der Waals surface area contributed by atoms with Gasteiger partial charge < -0.3 is 10.2 Å². The Balaban J connectivity index is 2.20. The molecule has 0 spiro atoms. The fourth-order valence-corrected chi connectivity index (χ4v) is 3.26. The standard InChI is InChI=1S/C18H13FN2O6S/c19-12-4-1-10(2-5-12)13-7-18(16(22)23,17(24)25)8-14(13)11-3-6-15(21-9-11)28(20,26)27/h1-9H,(H,22,23)(H,24,25)(H2,20,26,27). The molecule has 28 heavy (non-hydrogen) atoms. The van der Waals surface area contributed by atoms with Crippen molar-refractivity contribution in [1.29, 1.82) is 0 Å². The second-order valence-electron chi connectivity index (χ2n) is 6.03. The van der Waals surface area contributed by atoms with Crippen molar-refractivity contribution in [1.82, 2.24) is 4.98 Å². The monoisotopic (exact) mass is 404 g/mol. The van der Waals surface area contributed by atoms with E-state index in [4.69, 9.17) is 5.14 Å². The van der Waals surface area contributed by atoms with Crippen molar-refractivity contribution in [3.05, 3.63) is 71.7 Å². The molecule has 1 aliphatic rings. The van der Waals surface area contributed by atoms with Crippen LogP contribution in [0.15, 0.2) is 59.8 Å². The van der Waals surface area contributed by atoms with Crippen molar-refractivity contribution in [3.8, 4) is 0 Å². The van der Waals surface area contributed by atoms with E-state index in [1.54, 1.807) is 0 Å². The average Bonchev–Trinajstić information content (AvgIpc) is 3.04. The molecule has 1 heterocycles. The van der Waals surface area contributed by atoms with E-state index in [9.17, 15) is 32.6 Å². The highest BCUT2D eigenvalue weighted by molar-refractivity contribution is 7.89. The van der Waals surface area contributed by atoms with Gasteiger partial charge in [0.05, 0.1) is 0 Å². The molecule has 0 radical (unpaired) electrons. The Kier molecular flexibility index (Phi) is 4.61. The van der Waals surface area contributed by atoms with Gasteiger partial charge in [-0.05, 0) is 53.1 Å². The molecule has 3 rings (SSSR count). The molecule has 1 aliphatic carbocycles. The summed E-state index contributed by atoms with van der Waals surface area (Å²) in [6.45, 7) is 0. The SMILES string of the molecule is NS(=O)(=O)c1ccc(C2=CC(C(=O)O)(C(=O)O)C=C2c2ccc(F)cc2)cn1. The number of nitrogens with zero attached hydrogens (tertiary/aromatic N) is 1. The smallest absolute Gasteiger partial charge is 0.329 e. The minimum atomic E-state index is -4.04. The molecule has 8 nitrogen and oxygen atoms in total. The number of pyridine rings is 1. The zero-order valence-corrected chi connectivity index (χ0v) is 14.9. The van der Waals surface area contributed by atoms with Crippen molar-refractivity contribution >= 4 is 33.1 Å². The van der Waals surface area contributed by atoms with E-state index >= 15 is 0 Å². The van der Waals surface area contributed by atoms with Crippen LogP contribution in [0.4, 0.5) is 4.39 Å². The lowest BCUT2D eigenvalue weighted by Crippen LogP contribution is -2.34. The predicted molar refractivity (Wildman–Crippen MR) is 95.7 cm³/mol. The van der Waals surface area contributed by atoms with Gasteiger partial charge in [0.15, 0.2) is 5.03 Å². The number of aliphatic carboxylic acids is 2. The number of carboxylic acid groups (broad SMARTS) is 2. The van der Waals surface area contributed by atoms with Crippen LogP contribution >= 0.6 is 0 Å². The van der Waals surface area contributed by atoms with Crippen LogP contribution in [-0.4, -0.2) is 35.6 Å². The zero-order chi connectivity index (χ0) is 20.7. The Bertz CT molecular complexity index is 1120. The molecule has 0 unspecified atom stereocenters. The quantitative estimate of drug-likeness (QED) is 0.640. The number of hydrogen-bond donors (Lipinski definition) is 3. The second kappa shape index (κ2) is 6.66. The van der Waals surface area contributed by atoms with E-state index in [1.807, 2.05) is 0 Å². The molecule has 2 aromatic rings. The molecule has 4 N–H and O–H groups in total. The van der Waals surface area contributed by atoms with E-state index in [2.05, 4.69) is 4.98 Å². The predicted octanol–water partition coefficient (Wildman–Crippen LogP) is 1.50. The average molecular weight is 404 g/mol. The van der Waals surface area contributed by atoms with Gasteiger partial charge in [0.1, 0.15) is 5.82 Å². The first-order valence-corrected chi connectivity index (χ1v) is 9.27. The van der Waals surface area contributed by atoms with Crippen LogP contribution in [0.2, 0.25) is 0 Å². The van der Waals surface area contributed by atoms with Gasteiger partial charge in [0.2, 0.25) is 5.41 Å². The lowest BCUT2D eigenvalue weighted by Gasteiger charge is -2.13. The van der Waals surface area contributed by atoms with E-state index < -0.39 is 38.2 Å². The number of hydrogen-bond acceptors (Lipinski definition) is 5. The topological polar surface area (TPSA) is 148 Å². The summed E-state index contributed by atoms with van der Waals surface area (Å²) in [5.41, 5.74) is -1.25. The Morgan fingerprint density at radius 1 is 0.929 bits per heavy atom. The maximum absolute atomic E-state index is 13.3. The van der Waals surface area contributed by atoms with Crippen LogP contribution in [0.25, 0.3) is 11.1 Å². The third kappa shape index (κ3) is 3.30. The summed E-state index contributed by atoms with van der Waals surface area (Å²) in [5, 5.41) is 23.6.